The molecule has 3 amide bonds. The predicted molar refractivity (Wildman–Crippen MR) is 203 cm³/mol. The van der Waals surface area contributed by atoms with Gasteiger partial charge in [0.15, 0.2) is 0 Å². The molecular weight excluding hydrogens is 624 g/mol. The summed E-state index contributed by atoms with van der Waals surface area (Å²) in [5.41, 5.74) is 1.14. The lowest BCUT2D eigenvalue weighted by Gasteiger charge is -2.52. The van der Waals surface area contributed by atoms with Gasteiger partial charge in [0, 0.05) is 49.1 Å². The highest BCUT2D eigenvalue weighted by molar-refractivity contribution is 5.89. The molecule has 3 aliphatic rings. The Kier molecular flexibility index (Phi) is 13.6. The van der Waals surface area contributed by atoms with Crippen molar-refractivity contribution in [2.75, 3.05) is 32.7 Å². The summed E-state index contributed by atoms with van der Waals surface area (Å²) >= 11 is 0. The zero-order chi connectivity index (χ0) is 36.5. The molecule has 2 aromatic carbocycles. The molecule has 3 atom stereocenters. The van der Waals surface area contributed by atoms with Crippen LogP contribution in [0.15, 0.2) is 60.7 Å². The molecule has 1 N–H and O–H groups in total. The molecule has 0 aromatic heterocycles. The number of hydrogen-bond acceptors (Lipinski definition) is 5. The van der Waals surface area contributed by atoms with Crippen molar-refractivity contribution in [1.29, 1.82) is 0 Å². The monoisotopic (exact) mass is 688 g/mol. The second-order valence-corrected chi connectivity index (χ2v) is 16.8. The first-order valence-electron chi connectivity index (χ1n) is 19.1. The number of nitrogens with zero attached hydrogens (tertiary/aromatic N) is 3. The van der Waals surface area contributed by atoms with E-state index in [4.69, 9.17) is 4.74 Å². The number of rotatable bonds is 7. The van der Waals surface area contributed by atoms with E-state index in [2.05, 4.69) is 66.2 Å². The zero-order valence-corrected chi connectivity index (χ0v) is 32.2. The number of nitrogens with one attached hydrogen (secondary N) is 1. The molecule has 3 aliphatic heterocycles. The Hall–Kier alpha value is -3.39. The number of ketones is 1. The van der Waals surface area contributed by atoms with E-state index in [-0.39, 0.29) is 29.4 Å². The second kappa shape index (κ2) is 17.2. The average Bonchev–Trinajstić information content (AvgIpc) is 3.06. The van der Waals surface area contributed by atoms with E-state index in [1.165, 1.54) is 50.8 Å². The number of amides is 3. The summed E-state index contributed by atoms with van der Waals surface area (Å²) < 4.78 is 5.51. The van der Waals surface area contributed by atoms with E-state index in [1.807, 2.05) is 65.0 Å². The molecule has 3 unspecified atom stereocenters. The van der Waals surface area contributed by atoms with Gasteiger partial charge in [0.2, 0.25) is 0 Å². The smallest absolute Gasteiger partial charge is 0.410 e. The Balaban J connectivity index is 0.000000232. The van der Waals surface area contributed by atoms with Crippen molar-refractivity contribution in [2.45, 2.75) is 141 Å². The van der Waals surface area contributed by atoms with Gasteiger partial charge in [0.25, 0.3) is 0 Å². The van der Waals surface area contributed by atoms with Gasteiger partial charge in [-0.1, -0.05) is 86.8 Å². The van der Waals surface area contributed by atoms with Crippen molar-refractivity contribution < 1.29 is 19.1 Å². The highest BCUT2D eigenvalue weighted by Gasteiger charge is 2.46. The van der Waals surface area contributed by atoms with Gasteiger partial charge in [-0.15, -0.1) is 0 Å². The van der Waals surface area contributed by atoms with Crippen LogP contribution in [0.2, 0.25) is 0 Å². The summed E-state index contributed by atoms with van der Waals surface area (Å²) in [6.45, 7) is 20.4. The van der Waals surface area contributed by atoms with Crippen LogP contribution in [0.5, 0.6) is 0 Å². The number of benzene rings is 2. The third-order valence-electron chi connectivity index (χ3n) is 10.6. The van der Waals surface area contributed by atoms with Gasteiger partial charge in [-0.2, -0.15) is 0 Å². The van der Waals surface area contributed by atoms with Crippen LogP contribution >= 0.6 is 0 Å². The maximum absolute atomic E-state index is 13.0. The van der Waals surface area contributed by atoms with Crippen molar-refractivity contribution >= 4 is 17.9 Å². The molecule has 8 heteroatoms. The summed E-state index contributed by atoms with van der Waals surface area (Å²) in [6, 6.07) is 21.1. The Morgan fingerprint density at radius 2 is 1.42 bits per heavy atom. The Labute approximate surface area is 302 Å². The van der Waals surface area contributed by atoms with Crippen molar-refractivity contribution in [3.8, 4) is 0 Å². The lowest BCUT2D eigenvalue weighted by molar-refractivity contribution is -0.127. The number of piperidine rings is 3. The zero-order valence-electron chi connectivity index (χ0n) is 32.2. The number of carbonyl (C=O) groups is 3. The van der Waals surface area contributed by atoms with Crippen molar-refractivity contribution in [3.63, 3.8) is 0 Å². The van der Waals surface area contributed by atoms with Crippen molar-refractivity contribution in [2.24, 2.45) is 0 Å². The quantitative estimate of drug-likeness (QED) is 0.294. The molecule has 276 valence electrons. The maximum Gasteiger partial charge on any atom is 0.410 e. The molecule has 50 heavy (non-hydrogen) atoms. The van der Waals surface area contributed by atoms with Crippen LogP contribution in [0.3, 0.4) is 0 Å². The van der Waals surface area contributed by atoms with E-state index in [1.54, 1.807) is 4.90 Å². The molecule has 2 aromatic rings. The fourth-order valence-corrected chi connectivity index (χ4v) is 7.81. The van der Waals surface area contributed by atoms with Gasteiger partial charge >= 0.3 is 12.1 Å². The summed E-state index contributed by atoms with van der Waals surface area (Å²) in [5.74, 6) is 0.284. The van der Waals surface area contributed by atoms with Crippen LogP contribution in [0, 0.1) is 0 Å². The van der Waals surface area contributed by atoms with E-state index in [9.17, 15) is 14.4 Å². The molecule has 3 heterocycles. The first-order chi connectivity index (χ1) is 23.6. The van der Waals surface area contributed by atoms with Crippen LogP contribution in [-0.2, 0) is 9.53 Å². The predicted octanol–water partition coefficient (Wildman–Crippen LogP) is 8.77. The third kappa shape index (κ3) is 10.6. The van der Waals surface area contributed by atoms with Crippen LogP contribution in [0.4, 0.5) is 9.59 Å². The number of Topliss-reactive ketones (excluding diaryl/α,β-unsaturated/α-hetero) is 1. The Morgan fingerprint density at radius 3 is 2.00 bits per heavy atom. The van der Waals surface area contributed by atoms with E-state index < -0.39 is 11.1 Å². The van der Waals surface area contributed by atoms with Crippen LogP contribution in [-0.4, -0.2) is 88.1 Å². The molecule has 3 saturated heterocycles. The molecule has 5 rings (SSSR count). The minimum absolute atomic E-state index is 0.110. The van der Waals surface area contributed by atoms with E-state index in [0.717, 1.165) is 31.5 Å². The number of unbranched alkanes of at least 4 members (excludes halogenated alkanes) is 2. The minimum atomic E-state index is -0.545. The first-order valence-corrected chi connectivity index (χ1v) is 19.1. The number of likely N-dealkylation sites (tertiary alicyclic amines) is 3. The number of ether oxygens (including phenoxy) is 1. The number of carbonyl (C=O) groups excluding carboxylic acids is 3. The summed E-state index contributed by atoms with van der Waals surface area (Å²) in [4.78, 5) is 44.5. The van der Waals surface area contributed by atoms with Crippen LogP contribution < -0.4 is 5.32 Å². The molecule has 0 spiro atoms. The normalized spacial score (nSPS) is 23.8. The van der Waals surface area contributed by atoms with Gasteiger partial charge in [0.05, 0.1) is 5.92 Å². The fourth-order valence-electron chi connectivity index (χ4n) is 7.81. The highest BCUT2D eigenvalue weighted by Crippen LogP contribution is 2.40. The van der Waals surface area contributed by atoms with Gasteiger partial charge in [0.1, 0.15) is 11.4 Å². The SMILES string of the molecule is CC(C)(C)OC(=O)N1CC(c2ccccc2)C(=O)CC1(C)C.CCCCCNC(=O)N1CC(c2ccccc2)C(N2CCCCC2)CC1(C)C. The Bertz CT molecular complexity index is 1380. The van der Waals surface area contributed by atoms with Crippen LogP contribution in [0.1, 0.15) is 130 Å². The van der Waals surface area contributed by atoms with E-state index >= 15 is 0 Å². The fraction of sp³-hybridized carbons (Fsp3) is 0.643. The molecule has 0 bridgehead atoms. The third-order valence-corrected chi connectivity index (χ3v) is 10.6. The molecule has 3 fully saturated rings. The summed E-state index contributed by atoms with van der Waals surface area (Å²) in [6.07, 6.45) is 8.41. The van der Waals surface area contributed by atoms with E-state index in [0.29, 0.717) is 24.9 Å². The van der Waals surface area contributed by atoms with Crippen LogP contribution in [0.25, 0.3) is 0 Å². The number of urea groups is 1. The topological polar surface area (TPSA) is 82.2 Å². The molecule has 0 aliphatic carbocycles. The molecular formula is C42H64N4O4. The summed E-state index contributed by atoms with van der Waals surface area (Å²) in [5, 5.41) is 3.18. The lowest BCUT2D eigenvalue weighted by Crippen LogP contribution is -2.62. The van der Waals surface area contributed by atoms with Gasteiger partial charge in [-0.3, -0.25) is 9.69 Å². The van der Waals surface area contributed by atoms with Crippen molar-refractivity contribution in [1.82, 2.24) is 20.0 Å². The van der Waals surface area contributed by atoms with Gasteiger partial charge in [-0.05, 0) is 98.4 Å². The minimum Gasteiger partial charge on any atom is -0.444 e. The standard InChI is InChI=1S/C24H39N3O.C18H25NO3/c1-4-5-10-15-25-23(28)27-19-21(20-13-8-6-9-14-20)22(18-24(27,2)3)26-16-11-7-12-17-26;1-17(2,3)22-16(21)19-12-14(13-9-7-6-8-10-13)15(20)11-18(19,4)5/h6,8-9,13-14,21-22H,4-5,7,10-12,15-19H2,1-3H3,(H,25,28);6-10,14H,11-12H2,1-5H3. The Morgan fingerprint density at radius 1 is 0.820 bits per heavy atom. The number of hydrogen-bond donors (Lipinski definition) is 1. The largest absolute Gasteiger partial charge is 0.444 e. The van der Waals surface area contributed by atoms with Crippen molar-refractivity contribution in [3.05, 3.63) is 71.8 Å². The van der Waals surface area contributed by atoms with Gasteiger partial charge in [-0.25, -0.2) is 9.59 Å². The highest BCUT2D eigenvalue weighted by atomic mass is 16.6. The maximum atomic E-state index is 13.0. The molecule has 0 saturated carbocycles. The first kappa shape index (κ1) is 39.4. The molecule has 0 radical (unpaired) electrons. The lowest BCUT2D eigenvalue weighted by atomic mass is 9.76. The summed E-state index contributed by atoms with van der Waals surface area (Å²) in [7, 11) is 0. The second-order valence-electron chi connectivity index (χ2n) is 16.8. The average molecular weight is 689 g/mol. The van der Waals surface area contributed by atoms with Gasteiger partial charge < -0.3 is 19.9 Å². The molecule has 8 nitrogen and oxygen atoms in total.